The van der Waals surface area contributed by atoms with Crippen LogP contribution in [0.4, 0.5) is 0 Å². The lowest BCUT2D eigenvalue weighted by molar-refractivity contribution is -0.139. The van der Waals surface area contributed by atoms with E-state index >= 15 is 0 Å². The summed E-state index contributed by atoms with van der Waals surface area (Å²) in [5, 5.41) is 11.1. The summed E-state index contributed by atoms with van der Waals surface area (Å²) in [6.07, 6.45) is 3.30. The van der Waals surface area contributed by atoms with E-state index in [9.17, 15) is 9.59 Å². The fourth-order valence-electron chi connectivity index (χ4n) is 0.821. The van der Waals surface area contributed by atoms with E-state index in [1.807, 2.05) is 6.92 Å². The maximum atomic E-state index is 10.5. The molecule has 0 aromatic carbocycles. The molecule has 0 heterocycles. The van der Waals surface area contributed by atoms with Gasteiger partial charge in [-0.25, -0.2) is 9.59 Å². The van der Waals surface area contributed by atoms with Crippen LogP contribution in [0.2, 0.25) is 0 Å². The molecular weight excluding hydrogens is 158 g/mol. The Kier molecular flexibility index (Phi) is 5.75. The lowest BCUT2D eigenvalue weighted by atomic mass is 10.1. The van der Waals surface area contributed by atoms with Crippen LogP contribution in [-0.4, -0.2) is 23.1 Å². The van der Waals surface area contributed by atoms with Gasteiger partial charge in [-0.15, -0.1) is 0 Å². The van der Waals surface area contributed by atoms with E-state index in [4.69, 9.17) is 5.11 Å². The molecule has 1 atom stereocenters. The second-order valence-electron chi connectivity index (χ2n) is 2.46. The number of nitrogens with one attached hydrogen (secondary N) is 1. The van der Waals surface area contributed by atoms with Gasteiger partial charge in [-0.3, -0.25) is 0 Å². The minimum absolute atomic E-state index is 0.532. The monoisotopic (exact) mass is 171 g/mol. The zero-order valence-corrected chi connectivity index (χ0v) is 7.04. The molecule has 2 N–H and O–H groups in total. The maximum Gasteiger partial charge on any atom is 0.326 e. The van der Waals surface area contributed by atoms with Gasteiger partial charge in [0.1, 0.15) is 12.0 Å². The average Bonchev–Trinajstić information content (AvgIpc) is 2.04. The topological polar surface area (TPSA) is 66.4 Å². The first kappa shape index (κ1) is 10.7. The summed E-state index contributed by atoms with van der Waals surface area (Å²) in [5.74, 6) is 0.545. The van der Waals surface area contributed by atoms with Crippen LogP contribution in [0, 0.1) is 0 Å². The molecule has 0 spiro atoms. The molecule has 0 amide bonds. The Bertz CT molecular complexity index is 185. The van der Waals surface area contributed by atoms with Gasteiger partial charge in [-0.1, -0.05) is 19.8 Å². The number of aliphatic carboxylic acids is 1. The third-order valence-corrected chi connectivity index (χ3v) is 1.49. The summed E-state index contributed by atoms with van der Waals surface area (Å²) in [5.41, 5.74) is 0. The van der Waals surface area contributed by atoms with Crippen LogP contribution < -0.4 is 5.32 Å². The van der Waals surface area contributed by atoms with Crippen molar-refractivity contribution in [1.82, 2.24) is 5.32 Å². The van der Waals surface area contributed by atoms with Gasteiger partial charge in [0.05, 0.1) is 6.20 Å². The summed E-state index contributed by atoms with van der Waals surface area (Å²) < 4.78 is 0. The van der Waals surface area contributed by atoms with Crippen LogP contribution in [0.5, 0.6) is 0 Å². The van der Waals surface area contributed by atoms with Crippen molar-refractivity contribution in [2.45, 2.75) is 32.2 Å². The summed E-state index contributed by atoms with van der Waals surface area (Å²) >= 11 is 0. The highest BCUT2D eigenvalue weighted by atomic mass is 16.4. The summed E-state index contributed by atoms with van der Waals surface area (Å²) in [6, 6.07) is -0.661. The van der Waals surface area contributed by atoms with E-state index in [1.165, 1.54) is 5.94 Å². The minimum Gasteiger partial charge on any atom is -0.480 e. The first-order valence-corrected chi connectivity index (χ1v) is 3.90. The van der Waals surface area contributed by atoms with E-state index in [2.05, 4.69) is 5.32 Å². The number of hydrogen-bond acceptors (Lipinski definition) is 3. The molecule has 0 radical (unpaired) electrons. The predicted molar refractivity (Wildman–Crippen MR) is 44.3 cm³/mol. The second kappa shape index (κ2) is 6.43. The Morgan fingerprint density at radius 2 is 2.42 bits per heavy atom. The number of carbonyl (C=O) groups excluding carboxylic acids is 1. The van der Waals surface area contributed by atoms with Gasteiger partial charge in [0.25, 0.3) is 0 Å². The zero-order valence-electron chi connectivity index (χ0n) is 7.04. The number of carboxylic acid groups (broad SMARTS) is 1. The highest BCUT2D eigenvalue weighted by Gasteiger charge is 2.13. The lowest BCUT2D eigenvalue weighted by Gasteiger charge is -2.09. The molecule has 0 aromatic heterocycles. The van der Waals surface area contributed by atoms with Crippen LogP contribution in [0.1, 0.15) is 26.2 Å². The SMILES string of the molecule is CCCCC(NC=C=O)C(=O)O. The van der Waals surface area contributed by atoms with Crippen LogP contribution in [0.25, 0.3) is 0 Å². The molecule has 1 unspecified atom stereocenters. The number of carbonyl (C=O) groups is 1. The number of rotatable bonds is 6. The molecule has 0 aromatic rings. The molecule has 12 heavy (non-hydrogen) atoms. The molecule has 0 aliphatic rings. The van der Waals surface area contributed by atoms with Gasteiger partial charge in [0.15, 0.2) is 0 Å². The molecule has 0 bridgehead atoms. The molecule has 0 saturated carbocycles. The Morgan fingerprint density at radius 3 is 2.83 bits per heavy atom. The van der Waals surface area contributed by atoms with Gasteiger partial charge in [0.2, 0.25) is 0 Å². The second-order valence-corrected chi connectivity index (χ2v) is 2.46. The predicted octanol–water partition coefficient (Wildman–Crippen LogP) is 0.565. The van der Waals surface area contributed by atoms with Crippen molar-refractivity contribution in [1.29, 1.82) is 0 Å². The number of carboxylic acids is 1. The van der Waals surface area contributed by atoms with E-state index in [-0.39, 0.29) is 0 Å². The van der Waals surface area contributed by atoms with E-state index in [0.717, 1.165) is 19.0 Å². The van der Waals surface area contributed by atoms with E-state index in [1.54, 1.807) is 0 Å². The smallest absolute Gasteiger partial charge is 0.326 e. The van der Waals surface area contributed by atoms with E-state index in [0.29, 0.717) is 6.42 Å². The first-order chi connectivity index (χ1) is 5.72. The van der Waals surface area contributed by atoms with Gasteiger partial charge in [-0.05, 0) is 6.42 Å². The highest BCUT2D eigenvalue weighted by Crippen LogP contribution is 2.00. The van der Waals surface area contributed by atoms with Crippen molar-refractivity contribution < 1.29 is 14.7 Å². The molecule has 0 aliphatic heterocycles. The number of unbranched alkanes of at least 4 members (excludes halogenated alkanes) is 1. The van der Waals surface area contributed by atoms with Gasteiger partial charge >= 0.3 is 5.97 Å². The van der Waals surface area contributed by atoms with Crippen LogP contribution in [0.3, 0.4) is 0 Å². The van der Waals surface area contributed by atoms with Crippen molar-refractivity contribution >= 4 is 11.9 Å². The normalized spacial score (nSPS) is 11.4. The van der Waals surface area contributed by atoms with Gasteiger partial charge in [-0.2, -0.15) is 0 Å². The van der Waals surface area contributed by atoms with Crippen LogP contribution in [0.15, 0.2) is 6.20 Å². The molecule has 0 aliphatic carbocycles. The molecule has 4 nitrogen and oxygen atoms in total. The molecule has 0 rings (SSSR count). The van der Waals surface area contributed by atoms with Crippen molar-refractivity contribution in [3.05, 3.63) is 6.20 Å². The van der Waals surface area contributed by atoms with Crippen LogP contribution in [-0.2, 0) is 9.59 Å². The third-order valence-electron chi connectivity index (χ3n) is 1.49. The summed E-state index contributed by atoms with van der Waals surface area (Å²) in [7, 11) is 0. The molecular formula is C8H13NO3. The summed E-state index contributed by atoms with van der Waals surface area (Å²) in [4.78, 5) is 20.3. The highest BCUT2D eigenvalue weighted by molar-refractivity contribution is 5.73. The zero-order chi connectivity index (χ0) is 9.40. The Balaban J connectivity index is 3.86. The number of hydrogen-bond donors (Lipinski definition) is 2. The lowest BCUT2D eigenvalue weighted by Crippen LogP contribution is -2.33. The largest absolute Gasteiger partial charge is 0.480 e. The van der Waals surface area contributed by atoms with Crippen molar-refractivity contribution in [3.8, 4) is 0 Å². The fraction of sp³-hybridized carbons (Fsp3) is 0.625. The molecule has 0 fully saturated rings. The Hall–Kier alpha value is -1.28. The standard InChI is InChI=1S/C8H13NO3/c1-2-3-4-7(8(11)12)9-5-6-10/h5,7,9H,2-4H2,1H3,(H,11,12). The van der Waals surface area contributed by atoms with Crippen LogP contribution >= 0.6 is 0 Å². The van der Waals surface area contributed by atoms with Gasteiger partial charge < -0.3 is 10.4 Å². The molecule has 68 valence electrons. The quantitative estimate of drug-likeness (QED) is 0.573. The minimum atomic E-state index is -0.935. The fourth-order valence-corrected chi connectivity index (χ4v) is 0.821. The third kappa shape index (κ3) is 4.52. The van der Waals surface area contributed by atoms with Crippen molar-refractivity contribution in [2.24, 2.45) is 0 Å². The molecule has 0 saturated heterocycles. The summed E-state index contributed by atoms with van der Waals surface area (Å²) in [6.45, 7) is 1.98. The van der Waals surface area contributed by atoms with Crippen molar-refractivity contribution in [3.63, 3.8) is 0 Å². The maximum absolute atomic E-state index is 10.5. The van der Waals surface area contributed by atoms with Gasteiger partial charge in [0, 0.05) is 0 Å². The molecule has 4 heteroatoms. The Morgan fingerprint density at radius 1 is 1.75 bits per heavy atom. The average molecular weight is 171 g/mol. The first-order valence-electron chi connectivity index (χ1n) is 3.90. The van der Waals surface area contributed by atoms with Crippen molar-refractivity contribution in [2.75, 3.05) is 0 Å². The Labute approximate surface area is 71.3 Å². The van der Waals surface area contributed by atoms with E-state index < -0.39 is 12.0 Å².